The van der Waals surface area contributed by atoms with Crippen molar-refractivity contribution in [2.45, 2.75) is 38.1 Å². The Morgan fingerprint density at radius 3 is 2.67 bits per heavy atom. The van der Waals surface area contributed by atoms with E-state index in [1.165, 1.54) is 6.92 Å². The van der Waals surface area contributed by atoms with E-state index in [1.54, 1.807) is 6.07 Å². The second-order valence-electron chi connectivity index (χ2n) is 4.70. The first kappa shape index (κ1) is 13.1. The van der Waals surface area contributed by atoms with Gasteiger partial charge in [-0.05, 0) is 25.3 Å². The number of carbonyl (C=O) groups excluding carboxylic acids is 2. The molecule has 1 aliphatic rings. The van der Waals surface area contributed by atoms with Gasteiger partial charge in [0.05, 0.1) is 0 Å². The molecule has 1 aromatic carbocycles. The number of rotatable bonds is 2. The van der Waals surface area contributed by atoms with Crippen LogP contribution < -0.4 is 5.32 Å². The number of carbonyl (C=O) groups is 2. The van der Waals surface area contributed by atoms with Crippen LogP contribution in [0.5, 0.6) is 0 Å². The molecule has 0 radical (unpaired) electrons. The first-order chi connectivity index (χ1) is 8.56. The average molecular weight is 266 g/mol. The van der Waals surface area contributed by atoms with Crippen LogP contribution in [0, 0.1) is 0 Å². The molecule has 96 valence electrons. The molecule has 0 saturated heterocycles. The first-order valence-corrected chi connectivity index (χ1v) is 6.51. The third-order valence-corrected chi connectivity index (χ3v) is 3.73. The molecule has 1 aromatic rings. The maximum atomic E-state index is 12.3. The number of amides is 1. The Balaban J connectivity index is 2.51. The monoisotopic (exact) mass is 265 g/mol. The van der Waals surface area contributed by atoms with Crippen LogP contribution in [0.1, 0.15) is 38.2 Å². The number of Topliss-reactive ketones (excluding diaryl/α,β-unsaturated/α-hetero) is 1. The van der Waals surface area contributed by atoms with Gasteiger partial charge in [-0.1, -0.05) is 29.8 Å². The summed E-state index contributed by atoms with van der Waals surface area (Å²) < 4.78 is 0. The van der Waals surface area contributed by atoms with Crippen molar-refractivity contribution in [2.24, 2.45) is 0 Å². The van der Waals surface area contributed by atoms with Gasteiger partial charge in [-0.2, -0.15) is 0 Å². The quantitative estimate of drug-likeness (QED) is 0.894. The molecular weight excluding hydrogens is 250 g/mol. The van der Waals surface area contributed by atoms with Crippen molar-refractivity contribution >= 4 is 23.3 Å². The molecule has 1 N–H and O–H groups in total. The number of hydrogen-bond donors (Lipinski definition) is 1. The fraction of sp³-hybridized carbons (Fsp3) is 0.429. The molecule has 0 aliphatic heterocycles. The van der Waals surface area contributed by atoms with Crippen molar-refractivity contribution in [3.05, 3.63) is 34.9 Å². The molecule has 0 unspecified atom stereocenters. The third-order valence-electron chi connectivity index (χ3n) is 3.40. The minimum absolute atomic E-state index is 0.0528. The molecular formula is C14H16ClNO2. The van der Waals surface area contributed by atoms with Crippen molar-refractivity contribution < 1.29 is 9.59 Å². The smallest absolute Gasteiger partial charge is 0.217 e. The Bertz CT molecular complexity index is 486. The van der Waals surface area contributed by atoms with Crippen LogP contribution in [-0.4, -0.2) is 11.7 Å². The summed E-state index contributed by atoms with van der Waals surface area (Å²) in [5, 5.41) is 3.36. The lowest BCUT2D eigenvalue weighted by atomic mass is 9.75. The van der Waals surface area contributed by atoms with Crippen LogP contribution >= 0.6 is 11.6 Å². The highest BCUT2D eigenvalue weighted by Crippen LogP contribution is 2.37. The number of hydrogen-bond acceptors (Lipinski definition) is 2. The Kier molecular flexibility index (Phi) is 3.71. The SMILES string of the molecule is CC(=O)N[C@]1(c2ccccc2Cl)CCCCC1=O. The van der Waals surface area contributed by atoms with Gasteiger partial charge >= 0.3 is 0 Å². The van der Waals surface area contributed by atoms with Crippen LogP contribution in [0.4, 0.5) is 0 Å². The normalized spacial score (nSPS) is 23.8. The largest absolute Gasteiger partial charge is 0.340 e. The second-order valence-corrected chi connectivity index (χ2v) is 5.10. The molecule has 1 aliphatic carbocycles. The highest BCUT2D eigenvalue weighted by molar-refractivity contribution is 6.31. The summed E-state index contributed by atoms with van der Waals surface area (Å²) in [5.74, 6) is -0.151. The van der Waals surface area contributed by atoms with Gasteiger partial charge in [-0.3, -0.25) is 9.59 Å². The molecule has 0 bridgehead atoms. The lowest BCUT2D eigenvalue weighted by Gasteiger charge is -2.37. The number of nitrogens with one attached hydrogen (secondary N) is 1. The predicted molar refractivity (Wildman–Crippen MR) is 70.4 cm³/mol. The van der Waals surface area contributed by atoms with Crippen molar-refractivity contribution in [1.82, 2.24) is 5.32 Å². The minimum Gasteiger partial charge on any atom is -0.340 e. The summed E-state index contributed by atoms with van der Waals surface area (Å²) in [6, 6.07) is 7.23. The van der Waals surface area contributed by atoms with Gasteiger partial charge < -0.3 is 5.32 Å². The molecule has 0 aromatic heterocycles. The third kappa shape index (κ3) is 2.27. The maximum absolute atomic E-state index is 12.3. The number of halogens is 1. The second kappa shape index (κ2) is 5.11. The van der Waals surface area contributed by atoms with Gasteiger partial charge in [0.2, 0.25) is 5.91 Å². The van der Waals surface area contributed by atoms with Crippen molar-refractivity contribution in [3.8, 4) is 0 Å². The molecule has 0 heterocycles. The molecule has 1 fully saturated rings. The maximum Gasteiger partial charge on any atom is 0.217 e. The molecule has 1 atom stereocenters. The van der Waals surface area contributed by atoms with Gasteiger partial charge in [-0.15, -0.1) is 0 Å². The summed E-state index contributed by atoms with van der Waals surface area (Å²) in [7, 11) is 0. The van der Waals surface area contributed by atoms with E-state index in [0.29, 0.717) is 23.4 Å². The van der Waals surface area contributed by atoms with E-state index in [4.69, 9.17) is 11.6 Å². The van der Waals surface area contributed by atoms with Crippen LogP contribution in [-0.2, 0) is 15.1 Å². The summed E-state index contributed by atoms with van der Waals surface area (Å²) in [6.45, 7) is 1.43. The minimum atomic E-state index is -0.928. The summed E-state index contributed by atoms with van der Waals surface area (Å²) in [4.78, 5) is 23.8. The number of ketones is 1. The zero-order valence-electron chi connectivity index (χ0n) is 10.3. The van der Waals surface area contributed by atoms with E-state index in [1.807, 2.05) is 18.2 Å². The lowest BCUT2D eigenvalue weighted by molar-refractivity contribution is -0.133. The average Bonchev–Trinajstić information content (AvgIpc) is 2.32. The molecule has 2 rings (SSSR count). The van der Waals surface area contributed by atoms with E-state index in [2.05, 4.69) is 5.32 Å². The van der Waals surface area contributed by atoms with E-state index in [-0.39, 0.29) is 11.7 Å². The van der Waals surface area contributed by atoms with E-state index in [0.717, 1.165) is 12.8 Å². The van der Waals surface area contributed by atoms with Crippen LogP contribution in [0.25, 0.3) is 0 Å². The Morgan fingerprint density at radius 2 is 2.06 bits per heavy atom. The van der Waals surface area contributed by atoms with Gasteiger partial charge in [0.25, 0.3) is 0 Å². The van der Waals surface area contributed by atoms with Crippen molar-refractivity contribution in [3.63, 3.8) is 0 Å². The van der Waals surface area contributed by atoms with Crippen LogP contribution in [0.3, 0.4) is 0 Å². The van der Waals surface area contributed by atoms with Gasteiger partial charge in [0, 0.05) is 23.9 Å². The fourth-order valence-corrected chi connectivity index (χ4v) is 2.92. The van der Waals surface area contributed by atoms with E-state index in [9.17, 15) is 9.59 Å². The summed E-state index contributed by atoms with van der Waals surface area (Å²) in [6.07, 6.45) is 2.91. The van der Waals surface area contributed by atoms with Gasteiger partial charge in [0.15, 0.2) is 5.78 Å². The Labute approximate surface area is 112 Å². The Hall–Kier alpha value is -1.35. The van der Waals surface area contributed by atoms with E-state index >= 15 is 0 Å². The standard InChI is InChI=1S/C14H16ClNO2/c1-10(17)16-14(9-5-4-8-13(14)18)11-6-2-3-7-12(11)15/h2-3,6-7H,4-5,8-9H2,1H3,(H,16,17)/t14-/m0/s1. The lowest BCUT2D eigenvalue weighted by Crippen LogP contribution is -2.52. The van der Waals surface area contributed by atoms with Crippen LogP contribution in [0.2, 0.25) is 5.02 Å². The van der Waals surface area contributed by atoms with Gasteiger partial charge in [-0.25, -0.2) is 0 Å². The molecule has 0 spiro atoms. The zero-order chi connectivity index (χ0) is 13.2. The molecule has 1 saturated carbocycles. The zero-order valence-corrected chi connectivity index (χ0v) is 11.1. The summed E-state index contributed by atoms with van der Waals surface area (Å²) >= 11 is 6.19. The highest BCUT2D eigenvalue weighted by atomic mass is 35.5. The molecule has 18 heavy (non-hydrogen) atoms. The highest BCUT2D eigenvalue weighted by Gasteiger charge is 2.43. The van der Waals surface area contributed by atoms with Crippen molar-refractivity contribution in [2.75, 3.05) is 0 Å². The van der Waals surface area contributed by atoms with E-state index < -0.39 is 5.54 Å². The fourth-order valence-electron chi connectivity index (χ4n) is 2.62. The molecule has 1 amide bonds. The number of benzene rings is 1. The Morgan fingerprint density at radius 1 is 1.33 bits per heavy atom. The topological polar surface area (TPSA) is 46.2 Å². The van der Waals surface area contributed by atoms with Crippen molar-refractivity contribution in [1.29, 1.82) is 0 Å². The molecule has 3 nitrogen and oxygen atoms in total. The first-order valence-electron chi connectivity index (χ1n) is 6.13. The van der Waals surface area contributed by atoms with Gasteiger partial charge in [0.1, 0.15) is 5.54 Å². The summed E-state index contributed by atoms with van der Waals surface area (Å²) in [5.41, 5.74) is -0.214. The predicted octanol–water partition coefficient (Wildman–Crippen LogP) is 2.81. The van der Waals surface area contributed by atoms with Crippen LogP contribution in [0.15, 0.2) is 24.3 Å². The molecule has 4 heteroatoms.